The third-order valence-corrected chi connectivity index (χ3v) is 5.16. The number of ether oxygens (including phenoxy) is 1. The maximum atomic E-state index is 12.5. The van der Waals surface area contributed by atoms with E-state index in [0.717, 1.165) is 16.5 Å². The second kappa shape index (κ2) is 8.82. The summed E-state index contributed by atoms with van der Waals surface area (Å²) in [4.78, 5) is 36.5. The molecule has 1 heterocycles. The number of hydrogen-bond acceptors (Lipinski definition) is 5. The lowest BCUT2D eigenvalue weighted by molar-refractivity contribution is -0.142. The summed E-state index contributed by atoms with van der Waals surface area (Å²) in [7, 11) is 1.55. The van der Waals surface area contributed by atoms with Crippen molar-refractivity contribution in [2.75, 3.05) is 7.11 Å². The number of methoxy groups -OCH3 is 1. The molecule has 0 bridgehead atoms. The topological polar surface area (TPSA) is 106 Å². The van der Waals surface area contributed by atoms with Gasteiger partial charge >= 0.3 is 11.6 Å². The fourth-order valence-electron chi connectivity index (χ4n) is 3.49. The molecule has 2 N–H and O–H groups in total. The average Bonchev–Trinajstić information content (AvgIpc) is 2.73. The van der Waals surface area contributed by atoms with Crippen molar-refractivity contribution in [1.82, 2.24) is 5.32 Å². The first-order valence-electron chi connectivity index (χ1n) is 9.50. The lowest BCUT2D eigenvalue weighted by Gasteiger charge is -2.15. The quantitative estimate of drug-likeness (QED) is 0.580. The molecule has 156 valence electrons. The van der Waals surface area contributed by atoms with Crippen LogP contribution in [-0.2, 0) is 16.0 Å². The second-order valence-corrected chi connectivity index (χ2v) is 7.01. The van der Waals surface area contributed by atoms with Crippen molar-refractivity contribution in [2.24, 2.45) is 0 Å². The monoisotopic (exact) mass is 409 g/mol. The fourth-order valence-corrected chi connectivity index (χ4v) is 3.49. The normalized spacial score (nSPS) is 11.8. The molecule has 1 aromatic heterocycles. The Hall–Kier alpha value is -3.61. The van der Waals surface area contributed by atoms with Crippen molar-refractivity contribution in [2.45, 2.75) is 32.7 Å². The van der Waals surface area contributed by atoms with Crippen LogP contribution in [0, 0.1) is 13.8 Å². The van der Waals surface area contributed by atoms with E-state index in [0.29, 0.717) is 22.5 Å². The Bertz CT molecular complexity index is 1150. The Kier molecular flexibility index (Phi) is 6.20. The number of carboxylic acids is 1. The summed E-state index contributed by atoms with van der Waals surface area (Å²) in [6.45, 7) is 3.62. The summed E-state index contributed by atoms with van der Waals surface area (Å²) in [6.07, 6.45) is 0.102. The number of nitrogens with one attached hydrogen (secondary N) is 1. The minimum atomic E-state index is -1.15. The van der Waals surface area contributed by atoms with Gasteiger partial charge in [-0.05, 0) is 43.5 Å². The van der Waals surface area contributed by atoms with Crippen molar-refractivity contribution < 1.29 is 23.8 Å². The number of benzene rings is 2. The van der Waals surface area contributed by atoms with Crippen molar-refractivity contribution in [3.05, 3.63) is 75.1 Å². The van der Waals surface area contributed by atoms with Gasteiger partial charge in [-0.3, -0.25) is 4.79 Å². The van der Waals surface area contributed by atoms with E-state index in [1.807, 2.05) is 19.9 Å². The van der Waals surface area contributed by atoms with Gasteiger partial charge < -0.3 is 19.6 Å². The van der Waals surface area contributed by atoms with Crippen molar-refractivity contribution in [3.63, 3.8) is 0 Å². The van der Waals surface area contributed by atoms with Crippen LogP contribution in [0.15, 0.2) is 51.7 Å². The van der Waals surface area contributed by atoms with E-state index in [-0.39, 0.29) is 12.8 Å². The van der Waals surface area contributed by atoms with Gasteiger partial charge in [0.25, 0.3) is 0 Å². The SMILES string of the molecule is COc1ccc2c(C)c(CCC(=O)N[C@@H](C(=O)O)c3ccccc3)c(=O)oc2c1C. The van der Waals surface area contributed by atoms with E-state index < -0.39 is 23.5 Å². The number of aryl methyl sites for hydroxylation is 2. The number of carbonyl (C=O) groups excluding carboxylic acids is 1. The van der Waals surface area contributed by atoms with Gasteiger partial charge in [0.2, 0.25) is 5.91 Å². The molecule has 1 atom stereocenters. The Morgan fingerprint density at radius 1 is 1.10 bits per heavy atom. The maximum absolute atomic E-state index is 12.5. The highest BCUT2D eigenvalue weighted by molar-refractivity contribution is 5.86. The van der Waals surface area contributed by atoms with Crippen molar-refractivity contribution >= 4 is 22.8 Å². The molecular formula is C23H23NO6. The zero-order chi connectivity index (χ0) is 21.8. The fraction of sp³-hybridized carbons (Fsp3) is 0.261. The molecular weight excluding hydrogens is 386 g/mol. The van der Waals surface area contributed by atoms with Crippen LogP contribution in [0.25, 0.3) is 11.0 Å². The Labute approximate surface area is 173 Å². The zero-order valence-corrected chi connectivity index (χ0v) is 17.0. The molecule has 7 nitrogen and oxygen atoms in total. The van der Waals surface area contributed by atoms with Gasteiger partial charge in [-0.25, -0.2) is 9.59 Å². The van der Waals surface area contributed by atoms with Crippen molar-refractivity contribution in [1.29, 1.82) is 0 Å². The van der Waals surface area contributed by atoms with Crippen LogP contribution in [0.1, 0.15) is 34.7 Å². The summed E-state index contributed by atoms with van der Waals surface area (Å²) < 4.78 is 10.8. The predicted octanol–water partition coefficient (Wildman–Crippen LogP) is 3.29. The number of fused-ring (bicyclic) bond motifs is 1. The van der Waals surface area contributed by atoms with Gasteiger partial charge in [-0.1, -0.05) is 30.3 Å². The van der Waals surface area contributed by atoms with E-state index in [1.54, 1.807) is 43.5 Å². The van der Waals surface area contributed by atoms with Gasteiger partial charge in [0.15, 0.2) is 6.04 Å². The smallest absolute Gasteiger partial charge is 0.339 e. The molecule has 7 heteroatoms. The molecule has 0 aliphatic carbocycles. The Morgan fingerprint density at radius 2 is 1.80 bits per heavy atom. The summed E-state index contributed by atoms with van der Waals surface area (Å²) in [5.41, 5.74) is 2.28. The first kappa shape index (κ1) is 21.1. The molecule has 3 rings (SSSR count). The van der Waals surface area contributed by atoms with Gasteiger partial charge in [0, 0.05) is 22.9 Å². The van der Waals surface area contributed by atoms with Crippen LogP contribution in [0.4, 0.5) is 0 Å². The molecule has 0 unspecified atom stereocenters. The summed E-state index contributed by atoms with van der Waals surface area (Å²) >= 11 is 0. The van der Waals surface area contributed by atoms with Crippen LogP contribution in [0.5, 0.6) is 5.75 Å². The number of carboxylic acid groups (broad SMARTS) is 1. The molecule has 0 radical (unpaired) electrons. The molecule has 0 saturated carbocycles. The first-order chi connectivity index (χ1) is 14.3. The van der Waals surface area contributed by atoms with E-state index in [2.05, 4.69) is 5.32 Å². The minimum absolute atomic E-state index is 0.0388. The lowest BCUT2D eigenvalue weighted by atomic mass is 10.00. The number of carbonyl (C=O) groups is 2. The van der Waals surface area contributed by atoms with E-state index >= 15 is 0 Å². The van der Waals surface area contributed by atoms with Gasteiger partial charge in [0.05, 0.1) is 7.11 Å². The zero-order valence-electron chi connectivity index (χ0n) is 17.0. The number of rotatable bonds is 7. The highest BCUT2D eigenvalue weighted by atomic mass is 16.5. The van der Waals surface area contributed by atoms with E-state index in [1.165, 1.54) is 0 Å². The van der Waals surface area contributed by atoms with Crippen LogP contribution < -0.4 is 15.7 Å². The Morgan fingerprint density at radius 3 is 2.43 bits per heavy atom. The van der Waals surface area contributed by atoms with E-state index in [4.69, 9.17) is 9.15 Å². The third kappa shape index (κ3) is 4.20. The molecule has 3 aromatic rings. The largest absolute Gasteiger partial charge is 0.496 e. The molecule has 0 saturated heterocycles. The maximum Gasteiger partial charge on any atom is 0.339 e. The Balaban J connectivity index is 1.80. The molecule has 30 heavy (non-hydrogen) atoms. The highest BCUT2D eigenvalue weighted by Gasteiger charge is 2.22. The van der Waals surface area contributed by atoms with Crippen LogP contribution in [-0.4, -0.2) is 24.1 Å². The number of aliphatic carboxylic acids is 1. The molecule has 0 spiro atoms. The summed E-state index contributed by atoms with van der Waals surface area (Å²) in [5, 5.41) is 12.7. The predicted molar refractivity (Wildman–Crippen MR) is 112 cm³/mol. The van der Waals surface area contributed by atoms with Crippen molar-refractivity contribution in [3.8, 4) is 5.75 Å². The molecule has 0 fully saturated rings. The lowest BCUT2D eigenvalue weighted by Crippen LogP contribution is -2.34. The van der Waals surface area contributed by atoms with Gasteiger partial charge in [0.1, 0.15) is 11.3 Å². The van der Waals surface area contributed by atoms with Crippen LogP contribution >= 0.6 is 0 Å². The highest BCUT2D eigenvalue weighted by Crippen LogP contribution is 2.29. The molecule has 0 aliphatic heterocycles. The molecule has 1 amide bonds. The van der Waals surface area contributed by atoms with E-state index in [9.17, 15) is 19.5 Å². The average molecular weight is 409 g/mol. The summed E-state index contributed by atoms with van der Waals surface area (Å²) in [6, 6.07) is 10.9. The number of hydrogen-bond donors (Lipinski definition) is 2. The van der Waals surface area contributed by atoms with Gasteiger partial charge in [-0.2, -0.15) is 0 Å². The van der Waals surface area contributed by atoms with Crippen LogP contribution in [0.2, 0.25) is 0 Å². The second-order valence-electron chi connectivity index (χ2n) is 7.01. The number of amides is 1. The minimum Gasteiger partial charge on any atom is -0.496 e. The van der Waals surface area contributed by atoms with Gasteiger partial charge in [-0.15, -0.1) is 0 Å². The molecule has 2 aromatic carbocycles. The molecule has 0 aliphatic rings. The summed E-state index contributed by atoms with van der Waals surface area (Å²) in [5.74, 6) is -0.991. The standard InChI is InChI=1S/C23H23NO6/c1-13-16-9-11-18(29-3)14(2)21(16)30-23(28)17(13)10-12-19(25)24-20(22(26)27)15-7-5-4-6-8-15/h4-9,11,20H,10,12H2,1-3H3,(H,24,25)(H,26,27)/t20-/m1/s1. The first-order valence-corrected chi connectivity index (χ1v) is 9.50. The van der Waals surface area contributed by atoms with Crippen LogP contribution in [0.3, 0.4) is 0 Å². The third-order valence-electron chi connectivity index (χ3n) is 5.16.